The Kier molecular flexibility index (Phi) is 6.84. The predicted octanol–water partition coefficient (Wildman–Crippen LogP) is 6.42. The number of rotatable bonds is 6. The van der Waals surface area contributed by atoms with Gasteiger partial charge in [0.05, 0.1) is 16.4 Å². The molecule has 0 unspecified atom stereocenters. The van der Waals surface area contributed by atoms with E-state index in [0.29, 0.717) is 21.5 Å². The van der Waals surface area contributed by atoms with Crippen LogP contribution in [0, 0.1) is 0 Å². The zero-order chi connectivity index (χ0) is 21.1. The van der Waals surface area contributed by atoms with Crippen LogP contribution in [0.1, 0.15) is 19.3 Å². The van der Waals surface area contributed by atoms with Crippen molar-refractivity contribution >= 4 is 57.7 Å². The van der Waals surface area contributed by atoms with Crippen molar-refractivity contribution in [2.45, 2.75) is 25.8 Å². The lowest BCUT2D eigenvalue weighted by molar-refractivity contribution is -0.127. The Hall–Kier alpha value is -1.79. The average molecular weight is 481 g/mol. The Morgan fingerprint density at radius 2 is 1.77 bits per heavy atom. The lowest BCUT2D eigenvalue weighted by Crippen LogP contribution is -2.27. The third kappa shape index (κ3) is 4.92. The number of nitrogens with zero attached hydrogens (tertiary/aromatic N) is 3. The van der Waals surface area contributed by atoms with Gasteiger partial charge in [0.25, 0.3) is 0 Å². The van der Waals surface area contributed by atoms with Gasteiger partial charge in [-0.3, -0.25) is 4.79 Å². The monoisotopic (exact) mass is 479 g/mol. The minimum Gasteiger partial charge on any atom is -0.343 e. The van der Waals surface area contributed by atoms with E-state index < -0.39 is 0 Å². The highest BCUT2D eigenvalue weighted by Crippen LogP contribution is 2.31. The summed E-state index contributed by atoms with van der Waals surface area (Å²) >= 11 is 20.1. The highest BCUT2D eigenvalue weighted by atomic mass is 35.5. The third-order valence-corrected chi connectivity index (χ3v) is 6.70. The fourth-order valence-electron chi connectivity index (χ4n) is 3.53. The smallest absolute Gasteiger partial charge is 0.222 e. The lowest BCUT2D eigenvalue weighted by atomic mass is 10.1. The Labute approximate surface area is 194 Å². The van der Waals surface area contributed by atoms with Crippen LogP contribution in [0.15, 0.2) is 52.8 Å². The molecule has 1 amide bonds. The molecule has 1 aliphatic heterocycles. The molecule has 0 spiro atoms. The largest absolute Gasteiger partial charge is 0.343 e. The molecule has 8 heteroatoms. The Morgan fingerprint density at radius 1 is 1.00 bits per heavy atom. The van der Waals surface area contributed by atoms with Crippen LogP contribution >= 0.6 is 46.1 Å². The molecule has 3 aromatic rings. The van der Waals surface area contributed by atoms with Gasteiger partial charge in [-0.2, -0.15) is 0 Å². The number of carbonyl (C=O) groups is 1. The number of halogens is 3. The standard InChI is InChI=1S/C22H20Cl3N3OS/c23-15-4-7-17(8-5-15)26-22-28(12-2-11-27-10-1-3-21(27)29)20(14-30-22)18-9-6-16(24)13-19(18)25/h4-9,13-14H,1-3,10-12H2. The van der Waals surface area contributed by atoms with Crippen LogP contribution < -0.4 is 4.80 Å². The maximum Gasteiger partial charge on any atom is 0.222 e. The van der Waals surface area contributed by atoms with Crippen LogP contribution in [-0.2, 0) is 11.3 Å². The predicted molar refractivity (Wildman–Crippen MR) is 125 cm³/mol. The second-order valence-corrected chi connectivity index (χ2v) is 9.22. The summed E-state index contributed by atoms with van der Waals surface area (Å²) in [4.78, 5) is 19.6. The first-order valence-corrected chi connectivity index (χ1v) is 11.7. The van der Waals surface area contributed by atoms with Crippen molar-refractivity contribution in [3.8, 4) is 11.3 Å². The van der Waals surface area contributed by atoms with Gasteiger partial charge in [0, 0.05) is 47.0 Å². The van der Waals surface area contributed by atoms with Gasteiger partial charge in [-0.15, -0.1) is 11.3 Å². The molecule has 4 nitrogen and oxygen atoms in total. The van der Waals surface area contributed by atoms with E-state index in [-0.39, 0.29) is 5.91 Å². The van der Waals surface area contributed by atoms with Gasteiger partial charge in [0.2, 0.25) is 5.91 Å². The van der Waals surface area contributed by atoms with Crippen LogP contribution in [0.2, 0.25) is 15.1 Å². The Morgan fingerprint density at radius 3 is 2.47 bits per heavy atom. The number of hydrogen-bond donors (Lipinski definition) is 0. The van der Waals surface area contributed by atoms with E-state index in [1.165, 1.54) is 0 Å². The summed E-state index contributed by atoms with van der Waals surface area (Å²) in [6, 6.07) is 13.0. The molecule has 1 fully saturated rings. The van der Waals surface area contributed by atoms with E-state index in [9.17, 15) is 4.79 Å². The molecule has 0 radical (unpaired) electrons. The highest BCUT2D eigenvalue weighted by molar-refractivity contribution is 7.07. The first kappa shape index (κ1) is 21.4. The Balaban J connectivity index is 1.68. The molecular formula is C22H20Cl3N3OS. The summed E-state index contributed by atoms with van der Waals surface area (Å²) in [5.74, 6) is 0.248. The van der Waals surface area contributed by atoms with Gasteiger partial charge in [0.1, 0.15) is 0 Å². The summed E-state index contributed by atoms with van der Waals surface area (Å²) in [7, 11) is 0. The van der Waals surface area contributed by atoms with Gasteiger partial charge in [-0.05, 0) is 55.3 Å². The summed E-state index contributed by atoms with van der Waals surface area (Å²) in [6.07, 6.45) is 2.45. The minimum absolute atomic E-state index is 0.248. The molecule has 0 saturated carbocycles. The maximum absolute atomic E-state index is 11.9. The van der Waals surface area contributed by atoms with Crippen LogP contribution in [0.4, 0.5) is 5.69 Å². The van der Waals surface area contributed by atoms with Gasteiger partial charge in [0.15, 0.2) is 4.80 Å². The van der Waals surface area contributed by atoms with Crippen molar-refractivity contribution in [2.75, 3.05) is 13.1 Å². The van der Waals surface area contributed by atoms with E-state index in [0.717, 1.165) is 54.2 Å². The number of carbonyl (C=O) groups excluding carboxylic acids is 1. The Bertz CT molecular complexity index is 1120. The van der Waals surface area contributed by atoms with Crippen molar-refractivity contribution in [3.63, 3.8) is 0 Å². The van der Waals surface area contributed by atoms with Crippen LogP contribution in [0.5, 0.6) is 0 Å². The number of hydrogen-bond acceptors (Lipinski definition) is 3. The number of likely N-dealkylation sites (tertiary alicyclic amines) is 1. The van der Waals surface area contributed by atoms with Gasteiger partial charge in [-0.1, -0.05) is 34.8 Å². The molecular weight excluding hydrogens is 461 g/mol. The van der Waals surface area contributed by atoms with Crippen LogP contribution in [0.3, 0.4) is 0 Å². The fourth-order valence-corrected chi connectivity index (χ4v) is 5.11. The van der Waals surface area contributed by atoms with E-state index in [1.54, 1.807) is 17.4 Å². The molecule has 1 saturated heterocycles. The molecule has 156 valence electrons. The van der Waals surface area contributed by atoms with Crippen LogP contribution in [0.25, 0.3) is 11.3 Å². The zero-order valence-electron chi connectivity index (χ0n) is 16.2. The molecule has 4 rings (SSSR count). The fraction of sp³-hybridized carbons (Fsp3) is 0.273. The number of amides is 1. The van der Waals surface area contributed by atoms with Crippen molar-refractivity contribution in [3.05, 3.63) is 67.7 Å². The SMILES string of the molecule is O=C1CCCN1CCCn1c(-c2ccc(Cl)cc2Cl)csc1=Nc1ccc(Cl)cc1. The molecule has 0 N–H and O–H groups in total. The number of benzene rings is 2. The van der Waals surface area contributed by atoms with Crippen LogP contribution in [-0.4, -0.2) is 28.5 Å². The third-order valence-electron chi connectivity index (χ3n) is 5.04. The minimum atomic E-state index is 0.248. The highest BCUT2D eigenvalue weighted by Gasteiger charge is 2.19. The quantitative estimate of drug-likeness (QED) is 0.401. The van der Waals surface area contributed by atoms with Gasteiger partial charge < -0.3 is 9.47 Å². The topological polar surface area (TPSA) is 37.6 Å². The molecule has 1 aliphatic rings. The summed E-state index contributed by atoms with van der Waals surface area (Å²) in [5, 5.41) is 3.94. The van der Waals surface area contributed by atoms with Crippen molar-refractivity contribution in [1.29, 1.82) is 0 Å². The molecule has 2 aromatic carbocycles. The van der Waals surface area contributed by atoms with Crippen molar-refractivity contribution < 1.29 is 4.79 Å². The molecule has 30 heavy (non-hydrogen) atoms. The van der Waals surface area contributed by atoms with Crippen molar-refractivity contribution in [2.24, 2.45) is 4.99 Å². The van der Waals surface area contributed by atoms with E-state index in [4.69, 9.17) is 39.8 Å². The number of thiazole rings is 1. The average Bonchev–Trinajstić information content (AvgIpc) is 3.30. The maximum atomic E-state index is 11.9. The summed E-state index contributed by atoms with van der Waals surface area (Å²) in [5.41, 5.74) is 2.73. The molecule has 1 aromatic heterocycles. The molecule has 0 aliphatic carbocycles. The molecule has 0 atom stereocenters. The molecule has 0 bridgehead atoms. The second-order valence-electron chi connectivity index (χ2n) is 7.11. The summed E-state index contributed by atoms with van der Waals surface area (Å²) in [6.45, 7) is 2.33. The van der Waals surface area contributed by atoms with E-state index >= 15 is 0 Å². The van der Waals surface area contributed by atoms with E-state index in [2.05, 4.69) is 9.95 Å². The first-order valence-electron chi connectivity index (χ1n) is 9.73. The lowest BCUT2D eigenvalue weighted by Gasteiger charge is -2.16. The zero-order valence-corrected chi connectivity index (χ0v) is 19.2. The van der Waals surface area contributed by atoms with Gasteiger partial charge >= 0.3 is 0 Å². The van der Waals surface area contributed by atoms with E-state index in [1.807, 2.05) is 41.3 Å². The van der Waals surface area contributed by atoms with Gasteiger partial charge in [-0.25, -0.2) is 4.99 Å². The second kappa shape index (κ2) is 9.56. The summed E-state index contributed by atoms with van der Waals surface area (Å²) < 4.78 is 2.16. The normalized spacial score (nSPS) is 14.7. The van der Waals surface area contributed by atoms with Crippen molar-refractivity contribution in [1.82, 2.24) is 9.47 Å². The number of aromatic nitrogens is 1. The first-order chi connectivity index (χ1) is 14.5. The molecule has 2 heterocycles.